The van der Waals surface area contributed by atoms with Crippen molar-refractivity contribution in [2.75, 3.05) is 0 Å². The fourth-order valence-electron chi connectivity index (χ4n) is 2.63. The minimum atomic E-state index is -0.117. The summed E-state index contributed by atoms with van der Waals surface area (Å²) in [5, 5.41) is 3.21. The number of hydrogen-bond acceptors (Lipinski definition) is 1. The Morgan fingerprint density at radius 1 is 1.21 bits per heavy atom. The fraction of sp³-hybridized carbons (Fsp3) is 0.562. The van der Waals surface area contributed by atoms with Gasteiger partial charge in [-0.25, -0.2) is 0 Å². The maximum absolute atomic E-state index is 12.3. The van der Waals surface area contributed by atoms with Crippen LogP contribution >= 0.6 is 11.6 Å². The van der Waals surface area contributed by atoms with Crippen LogP contribution in [-0.4, -0.2) is 17.3 Å². The lowest BCUT2D eigenvalue weighted by atomic mass is 9.99. The minimum absolute atomic E-state index is 0.0782. The Morgan fingerprint density at radius 2 is 1.89 bits per heavy atom. The lowest BCUT2D eigenvalue weighted by Crippen LogP contribution is -2.42. The molecule has 3 unspecified atom stereocenters. The van der Waals surface area contributed by atoms with Gasteiger partial charge in [0.2, 0.25) is 5.91 Å². The van der Waals surface area contributed by atoms with Crippen LogP contribution in [0, 0.1) is 0 Å². The molecule has 3 atom stereocenters. The number of alkyl halides is 1. The number of nitrogens with one attached hydrogen (secondary N) is 1. The molecule has 3 heteroatoms. The maximum atomic E-state index is 12.3. The molecule has 104 valence electrons. The van der Waals surface area contributed by atoms with E-state index >= 15 is 0 Å². The van der Waals surface area contributed by atoms with Crippen LogP contribution in [0.5, 0.6) is 0 Å². The van der Waals surface area contributed by atoms with E-state index in [0.29, 0.717) is 0 Å². The Morgan fingerprint density at radius 3 is 2.63 bits per heavy atom. The zero-order valence-electron chi connectivity index (χ0n) is 11.4. The molecule has 1 aromatic carbocycles. The van der Waals surface area contributed by atoms with Crippen LogP contribution < -0.4 is 5.32 Å². The van der Waals surface area contributed by atoms with E-state index in [1.54, 1.807) is 0 Å². The average molecular weight is 280 g/mol. The van der Waals surface area contributed by atoms with Crippen molar-refractivity contribution in [3.63, 3.8) is 0 Å². The number of benzene rings is 1. The van der Waals surface area contributed by atoms with E-state index in [0.717, 1.165) is 24.8 Å². The average Bonchev–Trinajstić information content (AvgIpc) is 2.64. The third kappa shape index (κ3) is 3.97. The van der Waals surface area contributed by atoms with Crippen LogP contribution in [0.2, 0.25) is 0 Å². The second kappa shape index (κ2) is 6.95. The Hall–Kier alpha value is -1.02. The van der Waals surface area contributed by atoms with Gasteiger partial charge in [-0.15, -0.1) is 11.6 Å². The Bertz CT molecular complexity index is 406. The molecule has 0 saturated heterocycles. The van der Waals surface area contributed by atoms with Gasteiger partial charge in [0.15, 0.2) is 0 Å². The summed E-state index contributed by atoms with van der Waals surface area (Å²) in [5.41, 5.74) is 1.06. The summed E-state index contributed by atoms with van der Waals surface area (Å²) in [7, 11) is 0. The highest BCUT2D eigenvalue weighted by Gasteiger charge is 2.25. The molecule has 19 heavy (non-hydrogen) atoms. The standard InChI is InChI=1S/C16H22ClNO/c1-12(13-8-4-2-5-9-13)16(19)18-15-11-7-3-6-10-14(15)17/h2,4-5,8-9,12,14-15H,3,6-7,10-11H2,1H3,(H,18,19). The molecule has 1 aromatic rings. The van der Waals surface area contributed by atoms with E-state index in [2.05, 4.69) is 5.32 Å². The molecule has 0 bridgehead atoms. The Balaban J connectivity index is 1.96. The SMILES string of the molecule is CC(C(=O)NC1CCCCCC1Cl)c1ccccc1. The molecular formula is C16H22ClNO. The maximum Gasteiger partial charge on any atom is 0.227 e. The van der Waals surface area contributed by atoms with Gasteiger partial charge in [0.05, 0.1) is 11.3 Å². The van der Waals surface area contributed by atoms with Gasteiger partial charge >= 0.3 is 0 Å². The summed E-state index contributed by atoms with van der Waals surface area (Å²) >= 11 is 6.37. The van der Waals surface area contributed by atoms with Crippen LogP contribution in [0.15, 0.2) is 30.3 Å². The van der Waals surface area contributed by atoms with Gasteiger partial charge in [-0.05, 0) is 25.3 Å². The number of carbonyl (C=O) groups excluding carboxylic acids is 1. The molecule has 1 saturated carbocycles. The van der Waals surface area contributed by atoms with Gasteiger partial charge in [0.1, 0.15) is 0 Å². The summed E-state index contributed by atoms with van der Waals surface area (Å²) in [6.45, 7) is 1.95. The molecule has 1 N–H and O–H groups in total. The first-order valence-corrected chi connectivity index (χ1v) is 7.61. The Labute approximate surface area is 120 Å². The van der Waals surface area contributed by atoms with E-state index in [4.69, 9.17) is 11.6 Å². The van der Waals surface area contributed by atoms with E-state index in [-0.39, 0.29) is 23.2 Å². The molecule has 0 heterocycles. The smallest absolute Gasteiger partial charge is 0.227 e. The molecule has 0 aromatic heterocycles. The van der Waals surface area contributed by atoms with Gasteiger partial charge in [0, 0.05) is 6.04 Å². The molecule has 0 radical (unpaired) electrons. The molecular weight excluding hydrogens is 258 g/mol. The van der Waals surface area contributed by atoms with Crippen molar-refractivity contribution >= 4 is 17.5 Å². The van der Waals surface area contributed by atoms with Crippen LogP contribution in [0.3, 0.4) is 0 Å². The molecule has 2 nitrogen and oxygen atoms in total. The summed E-state index contributed by atoms with van der Waals surface area (Å²) in [5.74, 6) is -0.0305. The number of rotatable bonds is 3. The fourth-order valence-corrected chi connectivity index (χ4v) is 2.97. The highest BCUT2D eigenvalue weighted by Crippen LogP contribution is 2.23. The van der Waals surface area contributed by atoms with Gasteiger partial charge < -0.3 is 5.32 Å². The van der Waals surface area contributed by atoms with Crippen molar-refractivity contribution in [2.24, 2.45) is 0 Å². The molecule has 0 spiro atoms. The number of hydrogen-bond donors (Lipinski definition) is 1. The third-order valence-electron chi connectivity index (χ3n) is 3.95. The topological polar surface area (TPSA) is 29.1 Å². The number of amides is 1. The lowest BCUT2D eigenvalue weighted by molar-refractivity contribution is -0.123. The molecule has 1 aliphatic rings. The lowest BCUT2D eigenvalue weighted by Gasteiger charge is -2.23. The van der Waals surface area contributed by atoms with Crippen molar-refractivity contribution in [3.8, 4) is 0 Å². The Kier molecular flexibility index (Phi) is 5.26. The predicted molar refractivity (Wildman–Crippen MR) is 79.5 cm³/mol. The monoisotopic (exact) mass is 279 g/mol. The van der Waals surface area contributed by atoms with Gasteiger partial charge in [-0.2, -0.15) is 0 Å². The summed E-state index contributed by atoms with van der Waals surface area (Å²) < 4.78 is 0. The minimum Gasteiger partial charge on any atom is -0.351 e. The molecule has 0 aliphatic heterocycles. The molecule has 1 amide bonds. The molecule has 1 aliphatic carbocycles. The van der Waals surface area contributed by atoms with Crippen LogP contribution in [0.4, 0.5) is 0 Å². The van der Waals surface area contributed by atoms with Crippen molar-refractivity contribution < 1.29 is 4.79 Å². The van der Waals surface area contributed by atoms with E-state index in [1.165, 1.54) is 12.8 Å². The van der Waals surface area contributed by atoms with Crippen LogP contribution in [0.1, 0.15) is 50.5 Å². The van der Waals surface area contributed by atoms with E-state index < -0.39 is 0 Å². The quantitative estimate of drug-likeness (QED) is 0.661. The van der Waals surface area contributed by atoms with Gasteiger partial charge in [0.25, 0.3) is 0 Å². The molecule has 1 fully saturated rings. The summed E-state index contributed by atoms with van der Waals surface area (Å²) in [6.07, 6.45) is 5.57. The first-order chi connectivity index (χ1) is 9.18. The van der Waals surface area contributed by atoms with Crippen molar-refractivity contribution in [1.82, 2.24) is 5.32 Å². The highest BCUT2D eigenvalue weighted by atomic mass is 35.5. The van der Waals surface area contributed by atoms with Crippen molar-refractivity contribution in [3.05, 3.63) is 35.9 Å². The van der Waals surface area contributed by atoms with Gasteiger partial charge in [-0.1, -0.05) is 49.6 Å². The number of carbonyl (C=O) groups is 1. The van der Waals surface area contributed by atoms with E-state index in [9.17, 15) is 4.79 Å². The highest BCUT2D eigenvalue weighted by molar-refractivity contribution is 6.21. The van der Waals surface area contributed by atoms with Gasteiger partial charge in [-0.3, -0.25) is 4.79 Å². The first-order valence-electron chi connectivity index (χ1n) is 7.18. The zero-order valence-corrected chi connectivity index (χ0v) is 12.2. The number of halogens is 1. The second-order valence-electron chi connectivity index (χ2n) is 5.40. The molecule has 2 rings (SSSR count). The van der Waals surface area contributed by atoms with Crippen molar-refractivity contribution in [1.29, 1.82) is 0 Å². The summed E-state index contributed by atoms with van der Waals surface area (Å²) in [6, 6.07) is 10.0. The normalized spacial score (nSPS) is 25.4. The third-order valence-corrected chi connectivity index (χ3v) is 4.47. The largest absolute Gasteiger partial charge is 0.351 e. The van der Waals surface area contributed by atoms with E-state index in [1.807, 2.05) is 37.3 Å². The van der Waals surface area contributed by atoms with Crippen LogP contribution in [-0.2, 0) is 4.79 Å². The second-order valence-corrected chi connectivity index (χ2v) is 5.96. The predicted octanol–water partition coefficient (Wildman–Crippen LogP) is 3.85. The first kappa shape index (κ1) is 14.4. The zero-order chi connectivity index (χ0) is 13.7. The summed E-state index contributed by atoms with van der Waals surface area (Å²) in [4.78, 5) is 12.3. The van der Waals surface area contributed by atoms with Crippen LogP contribution in [0.25, 0.3) is 0 Å². The van der Waals surface area contributed by atoms with Crippen molar-refractivity contribution in [2.45, 2.75) is 56.4 Å².